The van der Waals surface area contributed by atoms with Crippen LogP contribution < -0.4 is 0 Å². The van der Waals surface area contributed by atoms with Crippen molar-refractivity contribution in [3.8, 4) is 0 Å². The van der Waals surface area contributed by atoms with Gasteiger partial charge in [-0.3, -0.25) is 0 Å². The fourth-order valence-electron chi connectivity index (χ4n) is 0.680. The summed E-state index contributed by atoms with van der Waals surface area (Å²) < 4.78 is 0. The maximum Gasteiger partial charge on any atom is 0.0404 e. The van der Waals surface area contributed by atoms with Crippen LogP contribution in [0.2, 0.25) is 0 Å². The number of hydrogen-bond acceptors (Lipinski definition) is 0. The Balaban J connectivity index is 0. The summed E-state index contributed by atoms with van der Waals surface area (Å²) in [7, 11) is 0. The molecule has 1 aromatic heterocycles. The predicted octanol–water partition coefficient (Wildman–Crippen LogP) is 3.79. The second kappa shape index (κ2) is 9.76. The van der Waals surface area contributed by atoms with Crippen molar-refractivity contribution in [2.75, 3.05) is 0 Å². The van der Waals surface area contributed by atoms with Gasteiger partial charge in [0.05, 0.1) is 0 Å². The molecule has 1 heteroatoms. The van der Waals surface area contributed by atoms with Gasteiger partial charge >= 0.3 is 0 Å². The lowest BCUT2D eigenvalue weighted by Gasteiger charge is -1.84. The molecular formula is C11H19N. The van der Waals surface area contributed by atoms with Gasteiger partial charge in [0.2, 0.25) is 0 Å². The first kappa shape index (κ1) is 13.4. The zero-order valence-electron chi connectivity index (χ0n) is 8.35. The molecular weight excluding hydrogens is 146 g/mol. The number of hydrogen-bond donors (Lipinski definition) is 1. The molecule has 0 aliphatic rings. The smallest absolute Gasteiger partial charge is 0.0404 e. The fourth-order valence-corrected chi connectivity index (χ4v) is 0.680. The van der Waals surface area contributed by atoms with Gasteiger partial charge in [-0.15, -0.1) is 13.2 Å². The molecule has 12 heavy (non-hydrogen) atoms. The molecule has 1 aromatic rings. The van der Waals surface area contributed by atoms with Crippen molar-refractivity contribution >= 4 is 6.08 Å². The summed E-state index contributed by atoms with van der Waals surface area (Å²) in [5.41, 5.74) is 2.37. The lowest BCUT2D eigenvalue weighted by Crippen LogP contribution is -1.70. The van der Waals surface area contributed by atoms with Crippen molar-refractivity contribution in [3.63, 3.8) is 0 Å². The van der Waals surface area contributed by atoms with Crippen LogP contribution in [0, 0.1) is 6.92 Å². The molecule has 0 saturated carbocycles. The van der Waals surface area contributed by atoms with E-state index in [0.29, 0.717) is 0 Å². The largest absolute Gasteiger partial charge is 0.361 e. The van der Waals surface area contributed by atoms with E-state index in [-0.39, 0.29) is 0 Å². The topological polar surface area (TPSA) is 15.8 Å². The molecule has 0 aliphatic carbocycles. The van der Waals surface area contributed by atoms with Gasteiger partial charge in [0.1, 0.15) is 0 Å². The van der Waals surface area contributed by atoms with Crippen LogP contribution in [0.15, 0.2) is 32.0 Å². The van der Waals surface area contributed by atoms with Crippen LogP contribution in [0.5, 0.6) is 0 Å². The number of aromatic amines is 1. The monoisotopic (exact) mass is 165 g/mol. The van der Waals surface area contributed by atoms with Crippen molar-refractivity contribution < 1.29 is 0 Å². The van der Waals surface area contributed by atoms with Crippen molar-refractivity contribution in [1.29, 1.82) is 0 Å². The first-order chi connectivity index (χ1) is 5.84. The van der Waals surface area contributed by atoms with Gasteiger partial charge in [-0.2, -0.15) is 0 Å². The predicted molar refractivity (Wildman–Crippen MR) is 58.2 cm³/mol. The summed E-state index contributed by atoms with van der Waals surface area (Å²) in [6.45, 7) is 15.7. The minimum Gasteiger partial charge on any atom is -0.361 e. The van der Waals surface area contributed by atoms with Crippen LogP contribution in [-0.4, -0.2) is 4.98 Å². The van der Waals surface area contributed by atoms with E-state index < -0.39 is 0 Å². The van der Waals surface area contributed by atoms with Gasteiger partial charge < -0.3 is 4.98 Å². The third-order valence-corrected chi connectivity index (χ3v) is 1.20. The maximum absolute atomic E-state index is 3.63. The summed E-state index contributed by atoms with van der Waals surface area (Å²) in [5, 5.41) is 0. The molecule has 0 fully saturated rings. The van der Waals surface area contributed by atoms with Crippen molar-refractivity contribution in [1.82, 2.24) is 4.98 Å². The molecule has 0 unspecified atom stereocenters. The van der Waals surface area contributed by atoms with Crippen LogP contribution in [0.25, 0.3) is 6.08 Å². The normalized spacial score (nSPS) is 6.92. The quantitative estimate of drug-likeness (QED) is 0.609. The molecule has 0 aromatic carbocycles. The summed E-state index contributed by atoms with van der Waals surface area (Å²) in [4.78, 5) is 3.04. The number of aromatic nitrogens is 1. The lowest BCUT2D eigenvalue weighted by molar-refractivity contribution is 1.35. The second-order valence-electron chi connectivity index (χ2n) is 1.78. The number of H-pyrrole nitrogens is 1. The Morgan fingerprint density at radius 1 is 1.33 bits per heavy atom. The molecule has 1 rings (SSSR count). The molecule has 0 aliphatic heterocycles. The highest BCUT2D eigenvalue weighted by atomic mass is 14.7. The van der Waals surface area contributed by atoms with E-state index in [0.717, 1.165) is 5.69 Å². The van der Waals surface area contributed by atoms with E-state index >= 15 is 0 Å². The molecule has 0 atom stereocenters. The highest BCUT2D eigenvalue weighted by Gasteiger charge is 1.88. The van der Waals surface area contributed by atoms with E-state index in [1.165, 1.54) is 5.56 Å². The minimum absolute atomic E-state index is 1.12. The zero-order valence-corrected chi connectivity index (χ0v) is 8.35. The molecule has 1 nitrogen and oxygen atoms in total. The SMILES string of the molecule is C=C.C=Cc1[nH]ccc1C.CC. The van der Waals surface area contributed by atoms with E-state index in [2.05, 4.69) is 24.7 Å². The average molecular weight is 165 g/mol. The summed E-state index contributed by atoms with van der Waals surface area (Å²) in [5.74, 6) is 0. The Hall–Kier alpha value is -1.24. The summed E-state index contributed by atoms with van der Waals surface area (Å²) in [6.07, 6.45) is 3.72. The third kappa shape index (κ3) is 4.56. The Morgan fingerprint density at radius 3 is 2.00 bits per heavy atom. The third-order valence-electron chi connectivity index (χ3n) is 1.20. The molecule has 0 saturated heterocycles. The molecule has 1 heterocycles. The van der Waals surface area contributed by atoms with Gasteiger partial charge in [0, 0.05) is 11.9 Å². The molecule has 0 radical (unpaired) electrons. The van der Waals surface area contributed by atoms with Gasteiger partial charge in [-0.25, -0.2) is 0 Å². The zero-order chi connectivity index (χ0) is 9.98. The first-order valence-electron chi connectivity index (χ1n) is 4.11. The number of aryl methyl sites for hydroxylation is 1. The van der Waals surface area contributed by atoms with Crippen LogP contribution in [0.3, 0.4) is 0 Å². The standard InChI is InChI=1S/C7H9N.C2H6.C2H4/c1-3-7-6(2)4-5-8-7;2*1-2/h3-5,8H,1H2,2H3;1-2H3;1-2H2. The second-order valence-corrected chi connectivity index (χ2v) is 1.78. The van der Waals surface area contributed by atoms with E-state index in [1.54, 1.807) is 0 Å². The molecule has 0 spiro atoms. The first-order valence-corrected chi connectivity index (χ1v) is 4.11. The highest BCUT2D eigenvalue weighted by Crippen LogP contribution is 2.03. The van der Waals surface area contributed by atoms with E-state index in [4.69, 9.17) is 0 Å². The average Bonchev–Trinajstić information content (AvgIpc) is 2.58. The Kier molecular flexibility index (Phi) is 10.9. The van der Waals surface area contributed by atoms with E-state index in [9.17, 15) is 0 Å². The molecule has 1 N–H and O–H groups in total. The lowest BCUT2D eigenvalue weighted by atomic mass is 10.3. The Morgan fingerprint density at radius 2 is 1.83 bits per heavy atom. The minimum atomic E-state index is 1.12. The highest BCUT2D eigenvalue weighted by molar-refractivity contribution is 5.46. The molecule has 0 amide bonds. The van der Waals surface area contributed by atoms with Crippen LogP contribution in [0.1, 0.15) is 25.1 Å². The maximum atomic E-state index is 3.63. The molecule has 68 valence electrons. The molecule has 0 bridgehead atoms. The van der Waals surface area contributed by atoms with Crippen LogP contribution in [-0.2, 0) is 0 Å². The summed E-state index contributed by atoms with van der Waals surface area (Å²) in [6, 6.07) is 2.02. The van der Waals surface area contributed by atoms with Gasteiger partial charge in [-0.05, 0) is 24.6 Å². The fraction of sp³-hybridized carbons (Fsp3) is 0.273. The van der Waals surface area contributed by atoms with Crippen LogP contribution >= 0.6 is 0 Å². The van der Waals surface area contributed by atoms with E-state index in [1.807, 2.05) is 39.1 Å². The van der Waals surface area contributed by atoms with Crippen molar-refractivity contribution in [2.24, 2.45) is 0 Å². The number of nitrogens with one attached hydrogen (secondary N) is 1. The van der Waals surface area contributed by atoms with Crippen molar-refractivity contribution in [2.45, 2.75) is 20.8 Å². The number of rotatable bonds is 1. The van der Waals surface area contributed by atoms with Crippen molar-refractivity contribution in [3.05, 3.63) is 43.3 Å². The van der Waals surface area contributed by atoms with Gasteiger partial charge in [0.15, 0.2) is 0 Å². The van der Waals surface area contributed by atoms with Gasteiger partial charge in [-0.1, -0.05) is 20.4 Å². The van der Waals surface area contributed by atoms with Crippen LogP contribution in [0.4, 0.5) is 0 Å². The van der Waals surface area contributed by atoms with Gasteiger partial charge in [0.25, 0.3) is 0 Å². The Labute approximate surface area is 75.8 Å². The summed E-state index contributed by atoms with van der Waals surface area (Å²) >= 11 is 0. The Bertz CT molecular complexity index is 199.